The van der Waals surface area contributed by atoms with Gasteiger partial charge in [0, 0.05) is 17.8 Å². The van der Waals surface area contributed by atoms with Crippen LogP contribution in [0.5, 0.6) is 0 Å². The second-order valence-electron chi connectivity index (χ2n) is 5.16. The molecule has 1 heterocycles. The van der Waals surface area contributed by atoms with Gasteiger partial charge in [-0.1, -0.05) is 23.2 Å². The number of oxazole rings is 1. The Morgan fingerprint density at radius 1 is 1.16 bits per heavy atom. The van der Waals surface area contributed by atoms with E-state index in [1.54, 1.807) is 18.2 Å². The highest BCUT2D eigenvalue weighted by molar-refractivity contribution is 6.35. The number of carbonyl (C=O) groups is 1. The van der Waals surface area contributed by atoms with E-state index in [4.69, 9.17) is 27.6 Å². The smallest absolute Gasteiger partial charge is 0.436 e. The number of hydrogen-bond acceptors (Lipinski definition) is 3. The lowest BCUT2D eigenvalue weighted by Crippen LogP contribution is -2.38. The van der Waals surface area contributed by atoms with Crippen LogP contribution in [0.2, 0.25) is 10.0 Å². The van der Waals surface area contributed by atoms with Crippen LogP contribution < -0.4 is 4.90 Å². The zero-order valence-electron chi connectivity index (χ0n) is 12.6. The normalized spacial score (nSPS) is 11.8. The molecule has 3 rings (SSSR count). The van der Waals surface area contributed by atoms with E-state index in [1.807, 2.05) is 0 Å². The maximum Gasteiger partial charge on any atom is 0.471 e. The number of nitrogens with zero attached hydrogens (tertiary/aromatic N) is 2. The van der Waals surface area contributed by atoms with Gasteiger partial charge in [-0.15, -0.1) is 0 Å². The predicted octanol–water partition coefficient (Wildman–Crippen LogP) is 5.33. The fourth-order valence-corrected chi connectivity index (χ4v) is 2.58. The van der Waals surface area contributed by atoms with Gasteiger partial charge in [-0.3, -0.25) is 4.79 Å². The molecule has 0 saturated heterocycles. The van der Waals surface area contributed by atoms with Crippen LogP contribution in [-0.4, -0.2) is 24.1 Å². The van der Waals surface area contributed by atoms with Crippen LogP contribution in [0.25, 0.3) is 22.6 Å². The fraction of sp³-hybridized carbons (Fsp3) is 0.125. The quantitative estimate of drug-likeness (QED) is 0.596. The summed E-state index contributed by atoms with van der Waals surface area (Å²) < 4.78 is 43.2. The molecule has 1 amide bonds. The van der Waals surface area contributed by atoms with Gasteiger partial charge in [0.15, 0.2) is 5.58 Å². The summed E-state index contributed by atoms with van der Waals surface area (Å²) in [5.41, 5.74) is 1.10. The third-order valence-electron chi connectivity index (χ3n) is 3.46. The summed E-state index contributed by atoms with van der Waals surface area (Å²) in [7, 11) is 1.03. The van der Waals surface area contributed by atoms with E-state index < -0.39 is 12.1 Å². The number of amides is 1. The van der Waals surface area contributed by atoms with Gasteiger partial charge < -0.3 is 9.32 Å². The Labute approximate surface area is 149 Å². The summed E-state index contributed by atoms with van der Waals surface area (Å²) >= 11 is 12.0. The zero-order valence-corrected chi connectivity index (χ0v) is 14.1. The van der Waals surface area contributed by atoms with E-state index in [0.29, 0.717) is 26.1 Å². The number of halogens is 5. The van der Waals surface area contributed by atoms with Crippen LogP contribution in [0.4, 0.5) is 18.9 Å². The molecule has 0 aliphatic rings. The monoisotopic (exact) mass is 388 g/mol. The molecule has 1 aromatic heterocycles. The predicted molar refractivity (Wildman–Crippen MR) is 88.9 cm³/mol. The van der Waals surface area contributed by atoms with Crippen LogP contribution in [0.1, 0.15) is 0 Å². The SMILES string of the molecule is CN(C(=O)C(F)(F)F)c1ccc2oc(-c3cc(Cl)ccc3Cl)nc2c1. The summed E-state index contributed by atoms with van der Waals surface area (Å²) in [6.07, 6.45) is -4.97. The minimum absolute atomic E-state index is 0.0341. The van der Waals surface area contributed by atoms with Crippen molar-refractivity contribution in [1.82, 2.24) is 4.98 Å². The van der Waals surface area contributed by atoms with Crippen molar-refractivity contribution in [3.8, 4) is 11.5 Å². The third-order valence-corrected chi connectivity index (χ3v) is 4.03. The van der Waals surface area contributed by atoms with Crippen LogP contribution in [-0.2, 0) is 4.79 Å². The number of rotatable bonds is 2. The molecule has 9 heteroatoms. The average Bonchev–Trinajstić information content (AvgIpc) is 2.97. The second-order valence-corrected chi connectivity index (χ2v) is 6.00. The number of carbonyl (C=O) groups excluding carboxylic acids is 1. The van der Waals surface area contributed by atoms with Gasteiger partial charge in [0.2, 0.25) is 5.89 Å². The molecule has 0 aliphatic heterocycles. The van der Waals surface area contributed by atoms with E-state index >= 15 is 0 Å². The number of alkyl halides is 3. The molecule has 0 saturated carbocycles. The molecule has 130 valence electrons. The molecule has 0 spiro atoms. The Morgan fingerprint density at radius 2 is 1.88 bits per heavy atom. The van der Waals surface area contributed by atoms with Gasteiger partial charge in [0.05, 0.1) is 10.6 Å². The molecule has 25 heavy (non-hydrogen) atoms. The van der Waals surface area contributed by atoms with Gasteiger partial charge in [0.1, 0.15) is 5.52 Å². The first kappa shape index (κ1) is 17.6. The van der Waals surface area contributed by atoms with Gasteiger partial charge in [-0.25, -0.2) is 4.98 Å². The minimum Gasteiger partial charge on any atom is -0.436 e. The molecule has 0 unspecified atom stereocenters. The van der Waals surface area contributed by atoms with Gasteiger partial charge in [-0.05, 0) is 36.4 Å². The number of anilines is 1. The lowest BCUT2D eigenvalue weighted by molar-refractivity contribution is -0.170. The standard InChI is InChI=1S/C16H9Cl2F3N2O2/c1-23(15(24)16(19,20)21)9-3-5-13-12(7-9)22-14(25-13)10-6-8(17)2-4-11(10)18/h2-7H,1H3. The molecule has 0 aliphatic carbocycles. The summed E-state index contributed by atoms with van der Waals surface area (Å²) in [6, 6.07) is 8.83. The first-order valence-corrected chi connectivity index (χ1v) is 7.63. The summed E-state index contributed by atoms with van der Waals surface area (Å²) in [6.45, 7) is 0. The van der Waals surface area contributed by atoms with E-state index in [9.17, 15) is 18.0 Å². The highest BCUT2D eigenvalue weighted by atomic mass is 35.5. The first-order chi connectivity index (χ1) is 11.7. The molecule has 0 N–H and O–H groups in total. The molecule has 0 bridgehead atoms. The maximum atomic E-state index is 12.6. The van der Waals surface area contributed by atoms with Crippen molar-refractivity contribution >= 4 is 45.9 Å². The van der Waals surface area contributed by atoms with Crippen LogP contribution >= 0.6 is 23.2 Å². The number of benzene rings is 2. The van der Waals surface area contributed by atoms with Crippen molar-refractivity contribution in [2.75, 3.05) is 11.9 Å². The fourth-order valence-electron chi connectivity index (χ4n) is 2.21. The number of hydrogen-bond donors (Lipinski definition) is 0. The Bertz CT molecular complexity index is 970. The zero-order chi connectivity index (χ0) is 18.4. The summed E-state index contributed by atoms with van der Waals surface area (Å²) in [5, 5.41) is 0.790. The number of fused-ring (bicyclic) bond motifs is 1. The van der Waals surface area contributed by atoms with E-state index in [1.165, 1.54) is 18.2 Å². The lowest BCUT2D eigenvalue weighted by Gasteiger charge is -2.18. The molecule has 0 fully saturated rings. The molecule has 0 radical (unpaired) electrons. The Hall–Kier alpha value is -2.25. The molecule has 2 aromatic carbocycles. The Kier molecular flexibility index (Phi) is 4.38. The van der Waals surface area contributed by atoms with Crippen molar-refractivity contribution in [2.24, 2.45) is 0 Å². The van der Waals surface area contributed by atoms with Gasteiger partial charge in [-0.2, -0.15) is 13.2 Å². The van der Waals surface area contributed by atoms with E-state index in [2.05, 4.69) is 4.98 Å². The van der Waals surface area contributed by atoms with E-state index in [0.717, 1.165) is 7.05 Å². The van der Waals surface area contributed by atoms with Crippen LogP contribution in [0.15, 0.2) is 40.8 Å². The second kappa shape index (κ2) is 6.24. The third kappa shape index (κ3) is 3.43. The highest BCUT2D eigenvalue weighted by Crippen LogP contribution is 2.33. The first-order valence-electron chi connectivity index (χ1n) is 6.87. The summed E-state index contributed by atoms with van der Waals surface area (Å²) in [5.74, 6) is -1.81. The molecular weight excluding hydrogens is 380 g/mol. The van der Waals surface area contributed by atoms with Crippen molar-refractivity contribution in [1.29, 1.82) is 0 Å². The highest BCUT2D eigenvalue weighted by Gasteiger charge is 2.41. The van der Waals surface area contributed by atoms with Crippen LogP contribution in [0.3, 0.4) is 0 Å². The van der Waals surface area contributed by atoms with Crippen molar-refractivity contribution in [3.05, 3.63) is 46.4 Å². The molecular formula is C16H9Cl2F3N2O2. The minimum atomic E-state index is -4.97. The number of aromatic nitrogens is 1. The van der Waals surface area contributed by atoms with Gasteiger partial charge >= 0.3 is 12.1 Å². The van der Waals surface area contributed by atoms with Crippen molar-refractivity contribution < 1.29 is 22.4 Å². The molecule has 3 aromatic rings. The largest absolute Gasteiger partial charge is 0.471 e. The lowest BCUT2D eigenvalue weighted by atomic mass is 10.2. The van der Waals surface area contributed by atoms with E-state index in [-0.39, 0.29) is 17.1 Å². The van der Waals surface area contributed by atoms with Crippen LogP contribution in [0, 0.1) is 0 Å². The van der Waals surface area contributed by atoms with Crippen molar-refractivity contribution in [3.63, 3.8) is 0 Å². The summed E-state index contributed by atoms with van der Waals surface area (Å²) in [4.78, 5) is 16.1. The van der Waals surface area contributed by atoms with Crippen molar-refractivity contribution in [2.45, 2.75) is 6.18 Å². The maximum absolute atomic E-state index is 12.6. The Morgan fingerprint density at radius 3 is 2.56 bits per heavy atom. The average molecular weight is 389 g/mol. The van der Waals surface area contributed by atoms with Gasteiger partial charge in [0.25, 0.3) is 0 Å². The Balaban J connectivity index is 2.02. The molecule has 0 atom stereocenters. The topological polar surface area (TPSA) is 46.3 Å². The molecule has 4 nitrogen and oxygen atoms in total.